The standard InChI is InChI=1S/C29H38O2/c1-3-5-6-7-8-10-24-11-15-25(16-12-24)26-17-19-27(20-18-26)29(30)31-28-21-13-23(9-4-2)14-22-28/h13-15,17-22,24H,3-12,16H2,1-2H3. The molecule has 2 nitrogen and oxygen atoms in total. The fourth-order valence-electron chi connectivity index (χ4n) is 4.45. The Kier molecular flexibility index (Phi) is 9.39. The van der Waals surface area contributed by atoms with Crippen molar-refractivity contribution < 1.29 is 9.53 Å². The van der Waals surface area contributed by atoms with Crippen LogP contribution in [0, 0.1) is 5.92 Å². The minimum Gasteiger partial charge on any atom is -0.423 e. The molecule has 1 atom stereocenters. The zero-order valence-electron chi connectivity index (χ0n) is 19.4. The number of ether oxygens (including phenoxy) is 1. The zero-order valence-corrected chi connectivity index (χ0v) is 19.4. The van der Waals surface area contributed by atoms with Gasteiger partial charge in [0.25, 0.3) is 0 Å². The molecule has 0 saturated carbocycles. The first kappa shape index (κ1) is 23.3. The van der Waals surface area contributed by atoms with E-state index >= 15 is 0 Å². The molecule has 0 bridgehead atoms. The Balaban J connectivity index is 1.49. The Morgan fingerprint density at radius 1 is 0.903 bits per heavy atom. The lowest BCUT2D eigenvalue weighted by molar-refractivity contribution is 0.0734. The third kappa shape index (κ3) is 7.38. The summed E-state index contributed by atoms with van der Waals surface area (Å²) in [5.41, 5.74) is 4.53. The predicted octanol–water partition coefficient (Wildman–Crippen LogP) is 8.40. The van der Waals surface area contributed by atoms with Crippen LogP contribution in [0.4, 0.5) is 0 Å². The van der Waals surface area contributed by atoms with Crippen LogP contribution in [0.5, 0.6) is 5.75 Å². The molecule has 1 aliphatic carbocycles. The summed E-state index contributed by atoms with van der Waals surface area (Å²) in [5.74, 6) is 1.16. The number of carbonyl (C=O) groups excluding carboxylic acids is 1. The van der Waals surface area contributed by atoms with Crippen LogP contribution in [0.2, 0.25) is 0 Å². The van der Waals surface area contributed by atoms with Crippen molar-refractivity contribution in [2.75, 3.05) is 0 Å². The van der Waals surface area contributed by atoms with E-state index in [4.69, 9.17) is 4.74 Å². The molecule has 0 aliphatic heterocycles. The van der Waals surface area contributed by atoms with Crippen LogP contribution in [-0.2, 0) is 6.42 Å². The molecule has 3 rings (SSSR count). The molecular formula is C29H38O2. The summed E-state index contributed by atoms with van der Waals surface area (Å²) in [4.78, 5) is 12.5. The summed E-state index contributed by atoms with van der Waals surface area (Å²) in [6.45, 7) is 4.43. The van der Waals surface area contributed by atoms with Crippen molar-refractivity contribution >= 4 is 11.5 Å². The van der Waals surface area contributed by atoms with E-state index in [1.165, 1.54) is 68.1 Å². The minimum atomic E-state index is -0.296. The molecule has 2 heteroatoms. The SMILES string of the molecule is CCCCCCCC1CC=C(c2ccc(C(=O)Oc3ccc(CCC)cc3)cc2)CC1. The fraction of sp³-hybridized carbons (Fsp3) is 0.483. The van der Waals surface area contributed by atoms with Gasteiger partial charge >= 0.3 is 5.97 Å². The van der Waals surface area contributed by atoms with Crippen LogP contribution < -0.4 is 4.74 Å². The summed E-state index contributed by atoms with van der Waals surface area (Å²) in [7, 11) is 0. The van der Waals surface area contributed by atoms with E-state index in [-0.39, 0.29) is 5.97 Å². The smallest absolute Gasteiger partial charge is 0.343 e. The van der Waals surface area contributed by atoms with Gasteiger partial charge in [-0.2, -0.15) is 0 Å². The summed E-state index contributed by atoms with van der Waals surface area (Å²) in [5, 5.41) is 0. The van der Waals surface area contributed by atoms with Crippen molar-refractivity contribution in [2.45, 2.75) is 84.5 Å². The van der Waals surface area contributed by atoms with Gasteiger partial charge in [0.2, 0.25) is 0 Å². The number of hydrogen-bond acceptors (Lipinski definition) is 2. The van der Waals surface area contributed by atoms with E-state index in [9.17, 15) is 4.79 Å². The third-order valence-corrected chi connectivity index (χ3v) is 6.40. The van der Waals surface area contributed by atoms with Gasteiger partial charge in [-0.3, -0.25) is 0 Å². The van der Waals surface area contributed by atoms with Crippen molar-refractivity contribution in [3.8, 4) is 5.75 Å². The van der Waals surface area contributed by atoms with Crippen LogP contribution in [0.15, 0.2) is 54.6 Å². The van der Waals surface area contributed by atoms with E-state index in [0.717, 1.165) is 25.2 Å². The van der Waals surface area contributed by atoms with Gasteiger partial charge in [0.05, 0.1) is 5.56 Å². The molecule has 0 aromatic heterocycles. The van der Waals surface area contributed by atoms with Crippen molar-refractivity contribution in [3.63, 3.8) is 0 Å². The maximum Gasteiger partial charge on any atom is 0.343 e. The van der Waals surface area contributed by atoms with Crippen LogP contribution in [0.25, 0.3) is 5.57 Å². The first-order valence-electron chi connectivity index (χ1n) is 12.3. The van der Waals surface area contributed by atoms with Crippen LogP contribution in [0.3, 0.4) is 0 Å². The number of aryl methyl sites for hydroxylation is 1. The molecule has 31 heavy (non-hydrogen) atoms. The van der Waals surface area contributed by atoms with E-state index in [1.807, 2.05) is 36.4 Å². The van der Waals surface area contributed by atoms with E-state index < -0.39 is 0 Å². The monoisotopic (exact) mass is 418 g/mol. The molecule has 0 spiro atoms. The van der Waals surface area contributed by atoms with Gasteiger partial charge in [-0.05, 0) is 72.6 Å². The van der Waals surface area contributed by atoms with Gasteiger partial charge in [0.1, 0.15) is 5.75 Å². The normalized spacial score (nSPS) is 16.1. The van der Waals surface area contributed by atoms with Gasteiger partial charge in [0.15, 0.2) is 0 Å². The molecular weight excluding hydrogens is 380 g/mol. The predicted molar refractivity (Wildman–Crippen MR) is 131 cm³/mol. The molecule has 0 radical (unpaired) electrons. The number of esters is 1. The molecule has 2 aromatic rings. The van der Waals surface area contributed by atoms with Crippen LogP contribution in [0.1, 0.15) is 99.5 Å². The molecule has 0 fully saturated rings. The molecule has 0 N–H and O–H groups in total. The van der Waals surface area contributed by atoms with Gasteiger partial charge in [-0.1, -0.05) is 89.1 Å². The first-order valence-corrected chi connectivity index (χ1v) is 12.3. The van der Waals surface area contributed by atoms with Crippen LogP contribution >= 0.6 is 0 Å². The largest absolute Gasteiger partial charge is 0.423 e. The molecule has 0 amide bonds. The van der Waals surface area contributed by atoms with Crippen molar-refractivity contribution in [2.24, 2.45) is 5.92 Å². The van der Waals surface area contributed by atoms with E-state index in [2.05, 4.69) is 32.1 Å². The van der Waals surface area contributed by atoms with E-state index in [1.54, 1.807) is 0 Å². The van der Waals surface area contributed by atoms with Crippen molar-refractivity contribution in [1.82, 2.24) is 0 Å². The average molecular weight is 419 g/mol. The lowest BCUT2D eigenvalue weighted by Crippen LogP contribution is -2.09. The number of benzene rings is 2. The number of hydrogen-bond donors (Lipinski definition) is 0. The summed E-state index contributed by atoms with van der Waals surface area (Å²) in [6, 6.07) is 15.7. The topological polar surface area (TPSA) is 26.3 Å². The zero-order chi connectivity index (χ0) is 21.9. The highest BCUT2D eigenvalue weighted by Crippen LogP contribution is 2.33. The summed E-state index contributed by atoms with van der Waals surface area (Å²) in [6.07, 6.45) is 16.4. The summed E-state index contributed by atoms with van der Waals surface area (Å²) >= 11 is 0. The van der Waals surface area contributed by atoms with Gasteiger partial charge < -0.3 is 4.74 Å². The second-order valence-electron chi connectivity index (χ2n) is 8.93. The first-order chi connectivity index (χ1) is 15.2. The molecule has 2 aromatic carbocycles. The van der Waals surface area contributed by atoms with Crippen LogP contribution in [-0.4, -0.2) is 5.97 Å². The molecule has 1 aliphatic rings. The van der Waals surface area contributed by atoms with Gasteiger partial charge in [-0.15, -0.1) is 0 Å². The average Bonchev–Trinajstić information content (AvgIpc) is 2.81. The lowest BCUT2D eigenvalue weighted by atomic mass is 9.83. The molecule has 0 saturated heterocycles. The molecule has 1 unspecified atom stereocenters. The number of unbranched alkanes of at least 4 members (excludes halogenated alkanes) is 4. The number of allylic oxidation sites excluding steroid dienone is 2. The molecule has 0 heterocycles. The highest BCUT2D eigenvalue weighted by molar-refractivity contribution is 5.91. The quantitative estimate of drug-likeness (QED) is 0.208. The second-order valence-corrected chi connectivity index (χ2v) is 8.93. The Hall–Kier alpha value is -2.35. The lowest BCUT2D eigenvalue weighted by Gasteiger charge is -2.22. The van der Waals surface area contributed by atoms with Crippen molar-refractivity contribution in [3.05, 3.63) is 71.3 Å². The Labute approximate surface area is 188 Å². The van der Waals surface area contributed by atoms with Gasteiger partial charge in [-0.25, -0.2) is 4.79 Å². The highest BCUT2D eigenvalue weighted by atomic mass is 16.5. The Morgan fingerprint density at radius 2 is 1.65 bits per heavy atom. The number of rotatable bonds is 11. The third-order valence-electron chi connectivity index (χ3n) is 6.40. The fourth-order valence-corrected chi connectivity index (χ4v) is 4.45. The molecule has 166 valence electrons. The maximum atomic E-state index is 12.5. The summed E-state index contributed by atoms with van der Waals surface area (Å²) < 4.78 is 5.54. The second kappa shape index (κ2) is 12.5. The minimum absolute atomic E-state index is 0.296. The van der Waals surface area contributed by atoms with Gasteiger partial charge in [0, 0.05) is 0 Å². The van der Waals surface area contributed by atoms with Crippen molar-refractivity contribution in [1.29, 1.82) is 0 Å². The Bertz CT molecular complexity index is 830. The Morgan fingerprint density at radius 3 is 2.29 bits per heavy atom. The van der Waals surface area contributed by atoms with E-state index in [0.29, 0.717) is 11.3 Å². The highest BCUT2D eigenvalue weighted by Gasteiger charge is 2.16. The maximum absolute atomic E-state index is 12.5. The number of carbonyl (C=O) groups is 1.